The minimum Gasteiger partial charge on any atom is -0.319 e. The molecular formula is C15H20N4O. The van der Waals surface area contributed by atoms with E-state index in [-0.39, 0.29) is 5.91 Å². The molecule has 1 aromatic carbocycles. The number of nitrogens with one attached hydrogen (secondary N) is 2. The second-order valence-corrected chi connectivity index (χ2v) is 4.76. The van der Waals surface area contributed by atoms with Crippen LogP contribution in [0.15, 0.2) is 30.3 Å². The van der Waals surface area contributed by atoms with Gasteiger partial charge in [-0.2, -0.15) is 5.10 Å². The summed E-state index contributed by atoms with van der Waals surface area (Å²) in [5, 5.41) is 10.3. The molecule has 0 radical (unpaired) electrons. The van der Waals surface area contributed by atoms with Crippen LogP contribution in [0.4, 0.5) is 5.82 Å². The van der Waals surface area contributed by atoms with E-state index >= 15 is 0 Å². The number of hydrogen-bond donors (Lipinski definition) is 2. The largest absolute Gasteiger partial charge is 0.319 e. The molecule has 0 aliphatic carbocycles. The molecule has 0 saturated carbocycles. The van der Waals surface area contributed by atoms with Gasteiger partial charge >= 0.3 is 0 Å². The minimum absolute atomic E-state index is 0.0151. The Morgan fingerprint density at radius 1 is 1.35 bits per heavy atom. The second kappa shape index (κ2) is 6.34. The molecule has 0 aliphatic heterocycles. The Morgan fingerprint density at radius 2 is 2.10 bits per heavy atom. The van der Waals surface area contributed by atoms with E-state index in [1.807, 2.05) is 38.4 Å². The average molecular weight is 272 g/mol. The molecule has 2 N–H and O–H groups in total. The lowest BCUT2D eigenvalue weighted by Gasteiger charge is -2.04. The molecule has 0 bridgehead atoms. The standard InChI is InChI=1S/C15H20N4O/c1-11-6-4-5-7-12(11)13-10-14(19(3)18-13)17-15(20)8-9-16-2/h4-7,10,16H,8-9H2,1-3H3,(H,17,20). The van der Waals surface area contributed by atoms with E-state index in [0.717, 1.165) is 11.3 Å². The first-order valence-corrected chi connectivity index (χ1v) is 6.66. The first kappa shape index (κ1) is 14.3. The van der Waals surface area contributed by atoms with Gasteiger partial charge in [-0.25, -0.2) is 0 Å². The zero-order valence-corrected chi connectivity index (χ0v) is 12.1. The van der Waals surface area contributed by atoms with E-state index in [1.54, 1.807) is 4.68 Å². The van der Waals surface area contributed by atoms with E-state index in [4.69, 9.17) is 0 Å². The van der Waals surface area contributed by atoms with Crippen LogP contribution in [0.5, 0.6) is 0 Å². The van der Waals surface area contributed by atoms with Crippen molar-refractivity contribution in [3.63, 3.8) is 0 Å². The van der Waals surface area contributed by atoms with Crippen LogP contribution in [-0.2, 0) is 11.8 Å². The fourth-order valence-electron chi connectivity index (χ4n) is 2.02. The average Bonchev–Trinajstić information content (AvgIpc) is 2.78. The van der Waals surface area contributed by atoms with Crippen LogP contribution in [0, 0.1) is 6.92 Å². The molecule has 5 nitrogen and oxygen atoms in total. The third-order valence-corrected chi connectivity index (χ3v) is 3.17. The van der Waals surface area contributed by atoms with Crippen molar-refractivity contribution in [3.8, 4) is 11.3 Å². The number of aryl methyl sites for hydroxylation is 2. The summed E-state index contributed by atoms with van der Waals surface area (Å²) >= 11 is 0. The zero-order chi connectivity index (χ0) is 14.5. The Balaban J connectivity index is 2.18. The Hall–Kier alpha value is -2.14. The van der Waals surface area contributed by atoms with E-state index < -0.39 is 0 Å². The van der Waals surface area contributed by atoms with Crippen molar-refractivity contribution in [3.05, 3.63) is 35.9 Å². The molecule has 5 heteroatoms. The molecule has 1 aromatic heterocycles. The molecule has 0 aliphatic rings. The first-order chi connectivity index (χ1) is 9.61. The highest BCUT2D eigenvalue weighted by Crippen LogP contribution is 2.24. The van der Waals surface area contributed by atoms with Crippen molar-refractivity contribution in [1.29, 1.82) is 0 Å². The van der Waals surface area contributed by atoms with E-state index in [1.165, 1.54) is 5.56 Å². The van der Waals surface area contributed by atoms with Crippen molar-refractivity contribution in [2.45, 2.75) is 13.3 Å². The van der Waals surface area contributed by atoms with Crippen molar-refractivity contribution in [2.75, 3.05) is 18.9 Å². The van der Waals surface area contributed by atoms with Gasteiger partial charge in [0.2, 0.25) is 5.91 Å². The molecule has 0 spiro atoms. The predicted molar refractivity (Wildman–Crippen MR) is 80.6 cm³/mol. The third-order valence-electron chi connectivity index (χ3n) is 3.17. The number of hydrogen-bond acceptors (Lipinski definition) is 3. The Labute approximate surface area is 119 Å². The van der Waals surface area contributed by atoms with Gasteiger partial charge in [0.25, 0.3) is 0 Å². The van der Waals surface area contributed by atoms with Crippen molar-refractivity contribution in [2.24, 2.45) is 7.05 Å². The molecule has 2 rings (SSSR count). The summed E-state index contributed by atoms with van der Waals surface area (Å²) in [5.74, 6) is 0.697. The van der Waals surface area contributed by atoms with Crippen LogP contribution < -0.4 is 10.6 Å². The normalized spacial score (nSPS) is 10.6. The summed E-state index contributed by atoms with van der Waals surface area (Å²) in [5.41, 5.74) is 3.12. The zero-order valence-electron chi connectivity index (χ0n) is 12.1. The lowest BCUT2D eigenvalue weighted by Crippen LogP contribution is -2.19. The first-order valence-electron chi connectivity index (χ1n) is 6.66. The molecule has 106 valence electrons. The summed E-state index contributed by atoms with van der Waals surface area (Å²) in [6.07, 6.45) is 0.446. The molecule has 1 amide bonds. The molecule has 0 unspecified atom stereocenters. The number of carbonyl (C=O) groups is 1. The monoisotopic (exact) mass is 272 g/mol. The summed E-state index contributed by atoms with van der Waals surface area (Å²) < 4.78 is 1.69. The van der Waals surface area contributed by atoms with Crippen LogP contribution in [0.1, 0.15) is 12.0 Å². The quantitative estimate of drug-likeness (QED) is 0.874. The van der Waals surface area contributed by atoms with Crippen LogP contribution in [0.3, 0.4) is 0 Å². The lowest BCUT2D eigenvalue weighted by atomic mass is 10.1. The number of rotatable bonds is 5. The van der Waals surface area contributed by atoms with Crippen LogP contribution in [0.25, 0.3) is 11.3 Å². The number of amides is 1. The van der Waals surface area contributed by atoms with Gasteiger partial charge in [0.1, 0.15) is 5.82 Å². The number of benzene rings is 1. The van der Waals surface area contributed by atoms with Gasteiger partial charge in [-0.3, -0.25) is 9.48 Å². The highest BCUT2D eigenvalue weighted by atomic mass is 16.1. The van der Waals surface area contributed by atoms with Crippen molar-refractivity contribution < 1.29 is 4.79 Å². The molecule has 0 atom stereocenters. The fourth-order valence-corrected chi connectivity index (χ4v) is 2.02. The van der Waals surface area contributed by atoms with Crippen LogP contribution in [-0.4, -0.2) is 29.3 Å². The van der Waals surface area contributed by atoms with Gasteiger partial charge in [0.15, 0.2) is 0 Å². The summed E-state index contributed by atoms with van der Waals surface area (Å²) in [6, 6.07) is 9.98. The number of aromatic nitrogens is 2. The SMILES string of the molecule is CNCCC(=O)Nc1cc(-c2ccccc2C)nn1C. The van der Waals surface area contributed by atoms with Gasteiger partial charge in [0.05, 0.1) is 5.69 Å². The molecule has 0 saturated heterocycles. The van der Waals surface area contributed by atoms with Gasteiger partial charge in [-0.1, -0.05) is 24.3 Å². The van der Waals surface area contributed by atoms with Crippen molar-refractivity contribution in [1.82, 2.24) is 15.1 Å². The third kappa shape index (κ3) is 3.24. The van der Waals surface area contributed by atoms with Crippen molar-refractivity contribution >= 4 is 11.7 Å². The maximum Gasteiger partial charge on any atom is 0.226 e. The Morgan fingerprint density at radius 3 is 2.80 bits per heavy atom. The number of nitrogens with zero attached hydrogens (tertiary/aromatic N) is 2. The summed E-state index contributed by atoms with van der Waals surface area (Å²) in [6.45, 7) is 2.71. The molecule has 0 fully saturated rings. The summed E-state index contributed by atoms with van der Waals surface area (Å²) in [7, 11) is 3.66. The minimum atomic E-state index is -0.0151. The molecule has 20 heavy (non-hydrogen) atoms. The number of carbonyl (C=O) groups excluding carboxylic acids is 1. The molecule has 2 aromatic rings. The maximum atomic E-state index is 11.7. The predicted octanol–water partition coefficient (Wildman–Crippen LogP) is 1.94. The van der Waals surface area contributed by atoms with Gasteiger partial charge < -0.3 is 10.6 Å². The number of anilines is 1. The smallest absolute Gasteiger partial charge is 0.226 e. The maximum absolute atomic E-state index is 11.7. The lowest BCUT2D eigenvalue weighted by molar-refractivity contribution is -0.116. The topological polar surface area (TPSA) is 59.0 Å². The van der Waals surface area contributed by atoms with Crippen LogP contribution >= 0.6 is 0 Å². The Bertz CT molecular complexity index is 604. The van der Waals surface area contributed by atoms with E-state index in [2.05, 4.69) is 28.7 Å². The molecule has 1 heterocycles. The van der Waals surface area contributed by atoms with Crippen LogP contribution in [0.2, 0.25) is 0 Å². The van der Waals surface area contributed by atoms with E-state index in [9.17, 15) is 4.79 Å². The van der Waals surface area contributed by atoms with Gasteiger partial charge in [-0.05, 0) is 19.5 Å². The molecular weight excluding hydrogens is 252 g/mol. The van der Waals surface area contributed by atoms with Gasteiger partial charge in [-0.15, -0.1) is 0 Å². The highest BCUT2D eigenvalue weighted by Gasteiger charge is 2.11. The second-order valence-electron chi connectivity index (χ2n) is 4.76. The Kier molecular flexibility index (Phi) is 4.53. The fraction of sp³-hybridized carbons (Fsp3) is 0.333. The summed E-state index contributed by atoms with van der Waals surface area (Å²) in [4.78, 5) is 11.7. The van der Waals surface area contributed by atoms with E-state index in [0.29, 0.717) is 18.8 Å². The van der Waals surface area contributed by atoms with Gasteiger partial charge in [0, 0.05) is 31.6 Å². The highest BCUT2D eigenvalue weighted by molar-refractivity contribution is 5.90.